The zero-order valence-electron chi connectivity index (χ0n) is 10.1. The molecule has 1 aromatic heterocycles. The molecule has 1 N–H and O–H groups in total. The number of aryl methyl sites for hydroxylation is 1. The molecule has 1 saturated heterocycles. The largest absolute Gasteiger partial charge is 0.465 e. The lowest BCUT2D eigenvalue weighted by Crippen LogP contribution is -2.28. The normalized spacial score (nSPS) is 19.5. The van der Waals surface area contributed by atoms with Gasteiger partial charge >= 0.3 is 5.97 Å². The van der Waals surface area contributed by atoms with Crippen molar-refractivity contribution in [3.8, 4) is 0 Å². The van der Waals surface area contributed by atoms with E-state index in [1.807, 2.05) is 0 Å². The molecule has 1 aliphatic heterocycles. The molecule has 0 bridgehead atoms. The van der Waals surface area contributed by atoms with E-state index in [-0.39, 0.29) is 5.97 Å². The summed E-state index contributed by atoms with van der Waals surface area (Å²) in [5, 5.41) is 3.32. The van der Waals surface area contributed by atoms with Crippen LogP contribution in [0, 0.1) is 6.92 Å². The van der Waals surface area contributed by atoms with Crippen molar-refractivity contribution < 1.29 is 18.7 Å². The van der Waals surface area contributed by atoms with Gasteiger partial charge in [-0.25, -0.2) is 4.79 Å². The molecule has 5 heteroatoms. The molecule has 1 aliphatic rings. The Morgan fingerprint density at radius 2 is 2.47 bits per heavy atom. The number of carbonyl (C=O) groups excluding carboxylic acids is 1. The molecule has 5 nitrogen and oxygen atoms in total. The second-order valence-electron chi connectivity index (χ2n) is 4.12. The summed E-state index contributed by atoms with van der Waals surface area (Å²) in [5.74, 6) is 0.979. The molecule has 94 valence electrons. The minimum atomic E-state index is -0.360. The van der Waals surface area contributed by atoms with Gasteiger partial charge in [-0.1, -0.05) is 0 Å². The second kappa shape index (κ2) is 5.33. The highest BCUT2D eigenvalue weighted by atomic mass is 16.5. The second-order valence-corrected chi connectivity index (χ2v) is 4.12. The topological polar surface area (TPSA) is 60.7 Å². The van der Waals surface area contributed by atoms with Gasteiger partial charge in [-0.05, 0) is 19.4 Å². The smallest absolute Gasteiger partial charge is 0.341 e. The van der Waals surface area contributed by atoms with Crippen LogP contribution in [0.2, 0.25) is 0 Å². The average Bonchev–Trinajstić information content (AvgIpc) is 2.94. The highest BCUT2D eigenvalue weighted by molar-refractivity contribution is 5.90. The lowest BCUT2D eigenvalue weighted by molar-refractivity contribution is 0.0599. The van der Waals surface area contributed by atoms with Crippen LogP contribution >= 0.6 is 0 Å². The van der Waals surface area contributed by atoms with E-state index in [9.17, 15) is 4.79 Å². The first-order chi connectivity index (χ1) is 8.20. The molecule has 0 aliphatic carbocycles. The summed E-state index contributed by atoms with van der Waals surface area (Å²) >= 11 is 0. The van der Waals surface area contributed by atoms with Gasteiger partial charge in [0.25, 0.3) is 0 Å². The molecule has 2 rings (SSSR count). The number of carbonyl (C=O) groups is 1. The van der Waals surface area contributed by atoms with E-state index in [1.165, 1.54) is 7.11 Å². The molecule has 0 amide bonds. The number of methoxy groups -OCH3 is 1. The Hall–Kier alpha value is -1.33. The van der Waals surface area contributed by atoms with E-state index in [0.717, 1.165) is 25.4 Å². The first-order valence-electron chi connectivity index (χ1n) is 5.69. The SMILES string of the molecule is COC(=O)c1cc(CNC2CCOC2)oc1C. The van der Waals surface area contributed by atoms with Crippen LogP contribution in [0.25, 0.3) is 0 Å². The molecule has 0 radical (unpaired) electrons. The zero-order chi connectivity index (χ0) is 12.3. The van der Waals surface area contributed by atoms with Gasteiger partial charge in [-0.3, -0.25) is 0 Å². The predicted molar refractivity (Wildman–Crippen MR) is 60.8 cm³/mol. The third-order valence-corrected chi connectivity index (χ3v) is 2.87. The summed E-state index contributed by atoms with van der Waals surface area (Å²) < 4.78 is 15.4. The maximum absolute atomic E-state index is 11.4. The van der Waals surface area contributed by atoms with Crippen LogP contribution in [0.1, 0.15) is 28.3 Å². The van der Waals surface area contributed by atoms with Gasteiger partial charge in [0.15, 0.2) is 0 Å². The zero-order valence-corrected chi connectivity index (χ0v) is 10.1. The van der Waals surface area contributed by atoms with E-state index in [4.69, 9.17) is 9.15 Å². The van der Waals surface area contributed by atoms with E-state index in [2.05, 4.69) is 10.1 Å². The summed E-state index contributed by atoms with van der Waals surface area (Å²) in [4.78, 5) is 11.4. The lowest BCUT2D eigenvalue weighted by atomic mass is 10.2. The van der Waals surface area contributed by atoms with Crippen LogP contribution in [-0.4, -0.2) is 32.3 Å². The molecule has 17 heavy (non-hydrogen) atoms. The number of rotatable bonds is 4. The molecule has 0 spiro atoms. The summed E-state index contributed by atoms with van der Waals surface area (Å²) in [7, 11) is 1.36. The van der Waals surface area contributed by atoms with Crippen LogP contribution in [0.4, 0.5) is 0 Å². The Morgan fingerprint density at radius 3 is 3.12 bits per heavy atom. The highest BCUT2D eigenvalue weighted by Gasteiger charge is 2.18. The number of furan rings is 1. The summed E-state index contributed by atoms with van der Waals surface area (Å²) in [6.07, 6.45) is 1.02. The van der Waals surface area contributed by atoms with Gasteiger partial charge in [0.1, 0.15) is 17.1 Å². The lowest BCUT2D eigenvalue weighted by Gasteiger charge is -2.07. The van der Waals surface area contributed by atoms with E-state index in [1.54, 1.807) is 13.0 Å². The standard InChI is InChI=1S/C12H17NO4/c1-8-11(12(14)15-2)5-10(17-8)6-13-9-3-4-16-7-9/h5,9,13H,3-4,6-7H2,1-2H3. The van der Waals surface area contributed by atoms with Crippen LogP contribution < -0.4 is 5.32 Å². The predicted octanol–water partition coefficient (Wildman–Crippen LogP) is 1.25. The Bertz CT molecular complexity index is 393. The Labute approximate surface area is 100 Å². The molecule has 1 atom stereocenters. The van der Waals surface area contributed by atoms with Gasteiger partial charge in [0.2, 0.25) is 0 Å². The molecule has 1 unspecified atom stereocenters. The van der Waals surface area contributed by atoms with E-state index < -0.39 is 0 Å². The fraction of sp³-hybridized carbons (Fsp3) is 0.583. The van der Waals surface area contributed by atoms with Crippen LogP contribution in [0.3, 0.4) is 0 Å². The number of esters is 1. The van der Waals surface area contributed by atoms with E-state index in [0.29, 0.717) is 23.9 Å². The maximum Gasteiger partial charge on any atom is 0.341 e. The molecular weight excluding hydrogens is 222 g/mol. The van der Waals surface area contributed by atoms with Gasteiger partial charge < -0.3 is 19.2 Å². The quantitative estimate of drug-likeness (QED) is 0.801. The highest BCUT2D eigenvalue weighted by Crippen LogP contribution is 2.16. The van der Waals surface area contributed by atoms with Crippen molar-refractivity contribution in [2.24, 2.45) is 0 Å². The third kappa shape index (κ3) is 2.87. The minimum absolute atomic E-state index is 0.360. The maximum atomic E-state index is 11.4. The molecule has 1 aromatic rings. The van der Waals surface area contributed by atoms with Crippen LogP contribution in [-0.2, 0) is 16.0 Å². The van der Waals surface area contributed by atoms with Crippen molar-refractivity contribution in [3.63, 3.8) is 0 Å². The summed E-state index contributed by atoms with van der Waals surface area (Å²) in [6.45, 7) is 3.91. The molecule has 0 saturated carbocycles. The van der Waals surface area contributed by atoms with Gasteiger partial charge in [-0.15, -0.1) is 0 Å². The molecule has 1 fully saturated rings. The van der Waals surface area contributed by atoms with E-state index >= 15 is 0 Å². The number of hydrogen-bond donors (Lipinski definition) is 1. The average molecular weight is 239 g/mol. The molecule has 0 aromatic carbocycles. The Kier molecular flexibility index (Phi) is 3.81. The van der Waals surface area contributed by atoms with Crippen molar-refractivity contribution in [3.05, 3.63) is 23.2 Å². The van der Waals surface area contributed by atoms with Crippen molar-refractivity contribution >= 4 is 5.97 Å². The number of nitrogens with one attached hydrogen (secondary N) is 1. The van der Waals surface area contributed by atoms with Crippen LogP contribution in [0.15, 0.2) is 10.5 Å². The Morgan fingerprint density at radius 1 is 1.65 bits per heavy atom. The van der Waals surface area contributed by atoms with Gasteiger partial charge in [0, 0.05) is 12.6 Å². The first-order valence-corrected chi connectivity index (χ1v) is 5.69. The first kappa shape index (κ1) is 12.1. The minimum Gasteiger partial charge on any atom is -0.465 e. The van der Waals surface area contributed by atoms with Crippen molar-refractivity contribution in [2.75, 3.05) is 20.3 Å². The fourth-order valence-electron chi connectivity index (χ4n) is 1.88. The number of ether oxygens (including phenoxy) is 2. The van der Waals surface area contributed by atoms with Crippen LogP contribution in [0.5, 0.6) is 0 Å². The van der Waals surface area contributed by atoms with Crippen molar-refractivity contribution in [1.82, 2.24) is 5.32 Å². The Balaban J connectivity index is 1.94. The molecule has 2 heterocycles. The number of hydrogen-bond acceptors (Lipinski definition) is 5. The monoisotopic (exact) mass is 239 g/mol. The van der Waals surface area contributed by atoms with Crippen molar-refractivity contribution in [2.45, 2.75) is 25.9 Å². The van der Waals surface area contributed by atoms with Gasteiger partial charge in [-0.2, -0.15) is 0 Å². The van der Waals surface area contributed by atoms with Crippen molar-refractivity contribution in [1.29, 1.82) is 0 Å². The molecular formula is C12H17NO4. The van der Waals surface area contributed by atoms with Gasteiger partial charge in [0.05, 0.1) is 20.3 Å². The fourth-order valence-corrected chi connectivity index (χ4v) is 1.88. The third-order valence-electron chi connectivity index (χ3n) is 2.87. The summed E-state index contributed by atoms with van der Waals surface area (Å²) in [5.41, 5.74) is 0.493. The summed E-state index contributed by atoms with van der Waals surface area (Å²) in [6, 6.07) is 2.10.